The molecule has 25 heavy (non-hydrogen) atoms. The number of carboxylic acid groups (broad SMARTS) is 1. The summed E-state index contributed by atoms with van der Waals surface area (Å²) >= 11 is 0. The zero-order valence-corrected chi connectivity index (χ0v) is 15.1. The summed E-state index contributed by atoms with van der Waals surface area (Å²) in [6.45, 7) is 5.72. The molecule has 0 bridgehead atoms. The smallest absolute Gasteiger partial charge is 0.325 e. The zero-order chi connectivity index (χ0) is 17.8. The van der Waals surface area contributed by atoms with Gasteiger partial charge in [0.2, 0.25) is 5.88 Å². The lowest BCUT2D eigenvalue weighted by Gasteiger charge is -2.43. The Morgan fingerprint density at radius 3 is 2.40 bits per heavy atom. The lowest BCUT2D eigenvalue weighted by molar-refractivity contribution is -0.144. The van der Waals surface area contributed by atoms with E-state index < -0.39 is 12.0 Å². The van der Waals surface area contributed by atoms with Gasteiger partial charge in [0.25, 0.3) is 0 Å². The van der Waals surface area contributed by atoms with Crippen molar-refractivity contribution in [2.75, 3.05) is 53.4 Å². The summed E-state index contributed by atoms with van der Waals surface area (Å²) in [6.07, 6.45) is 4.03. The molecule has 0 unspecified atom stereocenters. The van der Waals surface area contributed by atoms with Gasteiger partial charge in [0.05, 0.1) is 7.11 Å². The van der Waals surface area contributed by atoms with Crippen LogP contribution in [0.15, 0.2) is 18.3 Å². The minimum atomic E-state index is -0.820. The number of carbonyl (C=O) groups is 1. The predicted octanol–water partition coefficient (Wildman–Crippen LogP) is 0.928. The first-order valence-corrected chi connectivity index (χ1v) is 8.98. The van der Waals surface area contributed by atoms with Crippen molar-refractivity contribution in [3.8, 4) is 5.88 Å². The average molecular weight is 348 g/mol. The highest BCUT2D eigenvalue weighted by Gasteiger charge is 2.33. The molecule has 1 atom stereocenters. The number of piperazine rings is 1. The second kappa shape index (κ2) is 8.12. The molecular weight excluding hydrogens is 320 g/mol. The van der Waals surface area contributed by atoms with E-state index in [0.29, 0.717) is 17.5 Å². The summed E-state index contributed by atoms with van der Waals surface area (Å²) in [5.41, 5.74) is 0.709. The summed E-state index contributed by atoms with van der Waals surface area (Å²) in [5.74, 6) is -0.320. The topological polar surface area (TPSA) is 69.1 Å². The number of methoxy groups -OCH3 is 1. The van der Waals surface area contributed by atoms with Crippen molar-refractivity contribution in [1.82, 2.24) is 19.7 Å². The van der Waals surface area contributed by atoms with Gasteiger partial charge in [-0.3, -0.25) is 14.6 Å². The maximum atomic E-state index is 11.9. The van der Waals surface area contributed by atoms with Gasteiger partial charge in [-0.2, -0.15) is 0 Å². The van der Waals surface area contributed by atoms with Crippen LogP contribution in [0.1, 0.15) is 24.4 Å². The van der Waals surface area contributed by atoms with Gasteiger partial charge in [0, 0.05) is 44.5 Å². The van der Waals surface area contributed by atoms with E-state index in [9.17, 15) is 9.90 Å². The Morgan fingerprint density at radius 1 is 1.20 bits per heavy atom. The molecule has 0 aliphatic carbocycles. The number of pyridine rings is 1. The van der Waals surface area contributed by atoms with Crippen molar-refractivity contribution in [3.63, 3.8) is 0 Å². The van der Waals surface area contributed by atoms with Crippen molar-refractivity contribution >= 4 is 5.97 Å². The van der Waals surface area contributed by atoms with Crippen LogP contribution in [0.2, 0.25) is 0 Å². The molecule has 7 heteroatoms. The molecular formula is C18H28N4O3. The zero-order valence-electron chi connectivity index (χ0n) is 15.1. The molecule has 0 saturated carbocycles. The molecule has 2 aliphatic rings. The second-order valence-electron chi connectivity index (χ2n) is 6.98. The molecule has 1 N–H and O–H groups in total. The minimum absolute atomic E-state index is 0.500. The maximum absolute atomic E-state index is 11.9. The first kappa shape index (κ1) is 18.1. The van der Waals surface area contributed by atoms with Crippen LogP contribution in [-0.2, 0) is 4.79 Å². The number of likely N-dealkylation sites (tertiary alicyclic amines) is 1. The SMILES string of the molecule is COc1ccc([C@H](C(=O)O)N2CCN(C3CCN(C)CC3)CC2)cn1. The number of nitrogens with zero attached hydrogens (tertiary/aromatic N) is 4. The van der Waals surface area contributed by atoms with Gasteiger partial charge in [-0.15, -0.1) is 0 Å². The van der Waals surface area contributed by atoms with Crippen LogP contribution in [0, 0.1) is 0 Å². The van der Waals surface area contributed by atoms with E-state index in [-0.39, 0.29) is 0 Å². The number of carboxylic acids is 1. The number of aromatic nitrogens is 1. The van der Waals surface area contributed by atoms with Crippen LogP contribution in [0.25, 0.3) is 0 Å². The molecule has 0 radical (unpaired) electrons. The maximum Gasteiger partial charge on any atom is 0.325 e. The van der Waals surface area contributed by atoms with E-state index in [1.807, 2.05) is 0 Å². The highest BCUT2D eigenvalue weighted by molar-refractivity contribution is 5.75. The molecule has 2 aliphatic heterocycles. The van der Waals surface area contributed by atoms with Gasteiger partial charge in [-0.1, -0.05) is 0 Å². The Morgan fingerprint density at radius 2 is 1.88 bits per heavy atom. The molecule has 1 aromatic rings. The summed E-state index contributed by atoms with van der Waals surface area (Å²) in [6, 6.07) is 3.52. The number of hydrogen-bond donors (Lipinski definition) is 1. The van der Waals surface area contributed by atoms with E-state index in [1.165, 1.54) is 12.8 Å². The monoisotopic (exact) mass is 348 g/mol. The molecule has 7 nitrogen and oxygen atoms in total. The number of piperidine rings is 1. The molecule has 0 spiro atoms. The van der Waals surface area contributed by atoms with Gasteiger partial charge in [0.1, 0.15) is 6.04 Å². The third kappa shape index (κ3) is 4.29. The van der Waals surface area contributed by atoms with Crippen LogP contribution in [0.3, 0.4) is 0 Å². The molecule has 0 amide bonds. The quantitative estimate of drug-likeness (QED) is 0.849. The van der Waals surface area contributed by atoms with Crippen molar-refractivity contribution in [2.45, 2.75) is 24.9 Å². The Balaban J connectivity index is 1.61. The molecule has 2 fully saturated rings. The minimum Gasteiger partial charge on any atom is -0.481 e. The van der Waals surface area contributed by atoms with E-state index in [0.717, 1.165) is 39.3 Å². The first-order valence-electron chi connectivity index (χ1n) is 8.98. The lowest BCUT2D eigenvalue weighted by Crippen LogP contribution is -2.54. The molecule has 2 saturated heterocycles. The van der Waals surface area contributed by atoms with Crippen LogP contribution >= 0.6 is 0 Å². The summed E-state index contributed by atoms with van der Waals surface area (Å²) in [5, 5.41) is 9.73. The largest absolute Gasteiger partial charge is 0.481 e. The second-order valence-corrected chi connectivity index (χ2v) is 6.98. The molecule has 0 aromatic carbocycles. The summed E-state index contributed by atoms with van der Waals surface area (Å²) in [4.78, 5) is 23.0. The average Bonchev–Trinajstić information content (AvgIpc) is 2.63. The van der Waals surface area contributed by atoms with Crippen LogP contribution in [0.4, 0.5) is 0 Å². The fraction of sp³-hybridized carbons (Fsp3) is 0.667. The fourth-order valence-electron chi connectivity index (χ4n) is 3.90. The third-order valence-corrected chi connectivity index (χ3v) is 5.44. The van der Waals surface area contributed by atoms with E-state index >= 15 is 0 Å². The van der Waals surface area contributed by atoms with Crippen molar-refractivity contribution in [3.05, 3.63) is 23.9 Å². The number of ether oxygens (including phenoxy) is 1. The van der Waals surface area contributed by atoms with Gasteiger partial charge in [-0.05, 0) is 44.6 Å². The highest BCUT2D eigenvalue weighted by atomic mass is 16.5. The van der Waals surface area contributed by atoms with Gasteiger partial charge in [-0.25, -0.2) is 4.98 Å². The summed E-state index contributed by atoms with van der Waals surface area (Å²) < 4.78 is 5.06. The standard InChI is InChI=1S/C18H28N4O3/c1-20-7-5-15(6-8-20)21-9-11-22(12-10-21)17(18(23)24)14-3-4-16(25-2)19-13-14/h3-4,13,15,17H,5-12H2,1-2H3,(H,23,24)/t17-/m1/s1. The van der Waals surface area contributed by atoms with Crippen LogP contribution in [-0.4, -0.2) is 90.2 Å². The Labute approximate surface area is 149 Å². The molecule has 3 heterocycles. The number of rotatable bonds is 5. The molecule has 138 valence electrons. The van der Waals surface area contributed by atoms with Crippen molar-refractivity contribution in [2.24, 2.45) is 0 Å². The van der Waals surface area contributed by atoms with Crippen molar-refractivity contribution in [1.29, 1.82) is 0 Å². The van der Waals surface area contributed by atoms with Crippen LogP contribution < -0.4 is 4.74 Å². The molecule has 3 rings (SSSR count). The fourth-order valence-corrected chi connectivity index (χ4v) is 3.90. The van der Waals surface area contributed by atoms with E-state index in [4.69, 9.17) is 4.74 Å². The summed E-state index contributed by atoms with van der Waals surface area (Å²) in [7, 11) is 3.73. The third-order valence-electron chi connectivity index (χ3n) is 5.44. The molecule has 1 aromatic heterocycles. The van der Waals surface area contributed by atoms with E-state index in [1.54, 1.807) is 25.4 Å². The van der Waals surface area contributed by atoms with E-state index in [2.05, 4.69) is 26.7 Å². The Kier molecular flexibility index (Phi) is 5.88. The van der Waals surface area contributed by atoms with Crippen LogP contribution in [0.5, 0.6) is 5.88 Å². The highest BCUT2D eigenvalue weighted by Crippen LogP contribution is 2.25. The lowest BCUT2D eigenvalue weighted by atomic mass is 10.0. The predicted molar refractivity (Wildman–Crippen MR) is 94.8 cm³/mol. The Bertz CT molecular complexity index is 564. The van der Waals surface area contributed by atoms with Gasteiger partial charge < -0.3 is 14.7 Å². The normalized spacial score (nSPS) is 22.6. The number of hydrogen-bond acceptors (Lipinski definition) is 6. The van der Waals surface area contributed by atoms with Crippen molar-refractivity contribution < 1.29 is 14.6 Å². The van der Waals surface area contributed by atoms with Gasteiger partial charge in [0.15, 0.2) is 0 Å². The Hall–Kier alpha value is -1.70. The first-order chi connectivity index (χ1) is 12.1. The van der Waals surface area contributed by atoms with Gasteiger partial charge >= 0.3 is 5.97 Å². The number of aliphatic carboxylic acids is 1.